The molecule has 1 aromatic rings. The standard InChI is InChI=1S/C17H24N4O3/c22-17(12-1-4-19-20-7-12)18-8-16-15-9-21(14-3-6-23-11-14)5-2-13(15)10-24-16/h1,4,7,13-16H,2-3,5-6,8-11H2,(H,18,22)/t13-,14?,15-,16+/m1/s1. The smallest absolute Gasteiger partial charge is 0.253 e. The van der Waals surface area contributed by atoms with Gasteiger partial charge in [0.15, 0.2) is 0 Å². The summed E-state index contributed by atoms with van der Waals surface area (Å²) in [4.78, 5) is 14.7. The maximum Gasteiger partial charge on any atom is 0.253 e. The highest BCUT2D eigenvalue weighted by Gasteiger charge is 2.42. The van der Waals surface area contributed by atoms with Gasteiger partial charge in [-0.15, -0.1) is 0 Å². The van der Waals surface area contributed by atoms with Crippen LogP contribution in [0, 0.1) is 11.8 Å². The Morgan fingerprint density at radius 3 is 3.08 bits per heavy atom. The lowest BCUT2D eigenvalue weighted by atomic mass is 9.84. The molecule has 1 N–H and O–H groups in total. The van der Waals surface area contributed by atoms with Crippen molar-refractivity contribution in [3.05, 3.63) is 24.0 Å². The van der Waals surface area contributed by atoms with Crippen LogP contribution in [0.5, 0.6) is 0 Å². The molecule has 0 bridgehead atoms. The largest absolute Gasteiger partial charge is 0.380 e. The van der Waals surface area contributed by atoms with Crippen LogP contribution < -0.4 is 5.32 Å². The highest BCUT2D eigenvalue weighted by molar-refractivity contribution is 5.93. The van der Waals surface area contributed by atoms with Crippen molar-refractivity contribution >= 4 is 5.91 Å². The minimum absolute atomic E-state index is 0.0962. The second kappa shape index (κ2) is 7.13. The van der Waals surface area contributed by atoms with Crippen molar-refractivity contribution in [2.75, 3.05) is 39.5 Å². The van der Waals surface area contributed by atoms with E-state index in [1.807, 2.05) is 0 Å². The first-order valence-corrected chi connectivity index (χ1v) is 8.79. The molecule has 130 valence electrons. The van der Waals surface area contributed by atoms with Crippen LogP contribution in [0.2, 0.25) is 0 Å². The van der Waals surface area contributed by atoms with Gasteiger partial charge in [0, 0.05) is 31.7 Å². The lowest BCUT2D eigenvalue weighted by molar-refractivity contribution is 0.0552. The molecule has 3 saturated heterocycles. The lowest BCUT2D eigenvalue weighted by Crippen LogP contribution is -2.49. The summed E-state index contributed by atoms with van der Waals surface area (Å²) in [6.45, 7) is 5.30. The maximum atomic E-state index is 12.2. The van der Waals surface area contributed by atoms with Gasteiger partial charge in [-0.25, -0.2) is 0 Å². The second-order valence-electron chi connectivity index (χ2n) is 6.94. The predicted molar refractivity (Wildman–Crippen MR) is 86.5 cm³/mol. The van der Waals surface area contributed by atoms with Gasteiger partial charge in [0.05, 0.1) is 37.3 Å². The normalized spacial score (nSPS) is 33.3. The third kappa shape index (κ3) is 3.29. The molecular formula is C17H24N4O3. The van der Waals surface area contributed by atoms with Crippen LogP contribution in [0.1, 0.15) is 23.2 Å². The fourth-order valence-electron chi connectivity index (χ4n) is 4.13. The number of likely N-dealkylation sites (tertiary alicyclic amines) is 1. The number of hydrogen-bond acceptors (Lipinski definition) is 6. The van der Waals surface area contributed by atoms with Gasteiger partial charge in [-0.2, -0.15) is 10.2 Å². The number of amides is 1. The van der Waals surface area contributed by atoms with E-state index in [1.54, 1.807) is 6.07 Å². The van der Waals surface area contributed by atoms with E-state index >= 15 is 0 Å². The maximum absolute atomic E-state index is 12.2. The Balaban J connectivity index is 1.33. The zero-order chi connectivity index (χ0) is 16.4. The van der Waals surface area contributed by atoms with Gasteiger partial charge >= 0.3 is 0 Å². The molecule has 4 heterocycles. The number of hydrogen-bond donors (Lipinski definition) is 1. The Kier molecular flexibility index (Phi) is 4.73. The van der Waals surface area contributed by atoms with E-state index in [1.165, 1.54) is 18.8 Å². The van der Waals surface area contributed by atoms with Crippen molar-refractivity contribution in [3.8, 4) is 0 Å². The number of ether oxygens (including phenoxy) is 2. The zero-order valence-electron chi connectivity index (χ0n) is 13.8. The van der Waals surface area contributed by atoms with Gasteiger partial charge in [0.1, 0.15) is 0 Å². The number of carbonyl (C=O) groups excluding carboxylic acids is 1. The van der Waals surface area contributed by atoms with Crippen LogP contribution in [-0.2, 0) is 9.47 Å². The molecule has 4 rings (SSSR count). The molecule has 3 aliphatic rings. The van der Waals surface area contributed by atoms with Gasteiger partial charge < -0.3 is 14.8 Å². The fourth-order valence-corrected chi connectivity index (χ4v) is 4.13. The Hall–Kier alpha value is -1.57. The minimum Gasteiger partial charge on any atom is -0.380 e. The van der Waals surface area contributed by atoms with Gasteiger partial charge in [0.2, 0.25) is 0 Å². The number of nitrogens with zero attached hydrogens (tertiary/aromatic N) is 3. The van der Waals surface area contributed by atoms with Crippen molar-refractivity contribution < 1.29 is 14.3 Å². The summed E-state index contributed by atoms with van der Waals surface area (Å²) in [6.07, 6.45) is 5.42. The van der Waals surface area contributed by atoms with Gasteiger partial charge in [-0.1, -0.05) is 0 Å². The molecule has 4 atom stereocenters. The van der Waals surface area contributed by atoms with E-state index in [2.05, 4.69) is 20.4 Å². The van der Waals surface area contributed by atoms with Crippen molar-refractivity contribution in [2.24, 2.45) is 11.8 Å². The van der Waals surface area contributed by atoms with Crippen LogP contribution in [-0.4, -0.2) is 72.6 Å². The molecule has 1 aromatic heterocycles. The first-order valence-electron chi connectivity index (χ1n) is 8.79. The molecule has 24 heavy (non-hydrogen) atoms. The molecule has 7 nitrogen and oxygen atoms in total. The quantitative estimate of drug-likeness (QED) is 0.856. The second-order valence-corrected chi connectivity index (χ2v) is 6.94. The van der Waals surface area contributed by atoms with Crippen LogP contribution in [0.3, 0.4) is 0 Å². The molecule has 1 amide bonds. The molecule has 0 saturated carbocycles. The van der Waals surface area contributed by atoms with Crippen molar-refractivity contribution in [1.82, 2.24) is 20.4 Å². The number of fused-ring (bicyclic) bond motifs is 1. The summed E-state index contributed by atoms with van der Waals surface area (Å²) in [5.41, 5.74) is 0.535. The third-order valence-corrected chi connectivity index (χ3v) is 5.57. The summed E-state index contributed by atoms with van der Waals surface area (Å²) in [6, 6.07) is 2.23. The number of carbonyl (C=O) groups is 1. The molecule has 0 aromatic carbocycles. The zero-order valence-corrected chi connectivity index (χ0v) is 13.8. The summed E-state index contributed by atoms with van der Waals surface area (Å²) < 4.78 is 11.5. The van der Waals surface area contributed by atoms with E-state index in [0.717, 1.165) is 39.3 Å². The highest BCUT2D eigenvalue weighted by Crippen LogP contribution is 2.35. The highest BCUT2D eigenvalue weighted by atomic mass is 16.5. The summed E-state index contributed by atoms with van der Waals surface area (Å²) in [5.74, 6) is 0.997. The molecular weight excluding hydrogens is 308 g/mol. The van der Waals surface area contributed by atoms with Gasteiger partial charge in [-0.05, 0) is 31.4 Å². The molecule has 0 aliphatic carbocycles. The van der Waals surface area contributed by atoms with E-state index in [9.17, 15) is 4.79 Å². The fraction of sp³-hybridized carbons (Fsp3) is 0.706. The Labute approximate surface area is 141 Å². The van der Waals surface area contributed by atoms with Crippen LogP contribution in [0.25, 0.3) is 0 Å². The molecule has 7 heteroatoms. The predicted octanol–water partition coefficient (Wildman–Crippen LogP) is 0.332. The van der Waals surface area contributed by atoms with E-state index in [4.69, 9.17) is 9.47 Å². The van der Waals surface area contributed by atoms with Gasteiger partial charge in [-0.3, -0.25) is 9.69 Å². The first kappa shape index (κ1) is 15.9. The first-order chi connectivity index (χ1) is 11.8. The molecule has 3 aliphatic heterocycles. The van der Waals surface area contributed by atoms with Crippen LogP contribution in [0.4, 0.5) is 0 Å². The molecule has 0 radical (unpaired) electrons. The molecule has 0 spiro atoms. The van der Waals surface area contributed by atoms with Gasteiger partial charge in [0.25, 0.3) is 5.91 Å². The summed E-state index contributed by atoms with van der Waals surface area (Å²) in [7, 11) is 0. The summed E-state index contributed by atoms with van der Waals surface area (Å²) in [5, 5.41) is 10.4. The topological polar surface area (TPSA) is 76.6 Å². The Morgan fingerprint density at radius 2 is 2.29 bits per heavy atom. The van der Waals surface area contributed by atoms with E-state index < -0.39 is 0 Å². The lowest BCUT2D eigenvalue weighted by Gasteiger charge is -2.38. The Bertz CT molecular complexity index is 564. The SMILES string of the molecule is O=C(NC[C@@H]1OC[C@H]2CCN(C3CCOC3)C[C@H]21)c1ccnnc1. The number of rotatable bonds is 4. The average Bonchev–Trinajstić information content (AvgIpc) is 3.30. The number of aromatic nitrogens is 2. The molecule has 1 unspecified atom stereocenters. The third-order valence-electron chi connectivity index (χ3n) is 5.57. The summed E-state index contributed by atoms with van der Waals surface area (Å²) >= 11 is 0. The number of nitrogens with one attached hydrogen (secondary N) is 1. The van der Waals surface area contributed by atoms with Crippen molar-refractivity contribution in [3.63, 3.8) is 0 Å². The van der Waals surface area contributed by atoms with Crippen LogP contribution >= 0.6 is 0 Å². The molecule has 3 fully saturated rings. The average molecular weight is 332 g/mol. The monoisotopic (exact) mass is 332 g/mol. The van der Waals surface area contributed by atoms with Crippen molar-refractivity contribution in [1.29, 1.82) is 0 Å². The Morgan fingerprint density at radius 1 is 1.33 bits per heavy atom. The van der Waals surface area contributed by atoms with Crippen molar-refractivity contribution in [2.45, 2.75) is 25.0 Å². The van der Waals surface area contributed by atoms with Crippen LogP contribution in [0.15, 0.2) is 18.5 Å². The minimum atomic E-state index is -0.117. The number of piperidine rings is 1. The van der Waals surface area contributed by atoms with E-state index in [0.29, 0.717) is 30.0 Å². The van der Waals surface area contributed by atoms with E-state index in [-0.39, 0.29) is 12.0 Å².